The lowest BCUT2D eigenvalue weighted by Gasteiger charge is -2.34. The van der Waals surface area contributed by atoms with E-state index in [2.05, 4.69) is 65.1 Å². The number of anilines is 1. The number of hydrogen-bond acceptors (Lipinski definition) is 8. The number of carbonyl (C=O) groups is 2. The second kappa shape index (κ2) is 13.8. The average molecular weight is 578 g/mol. The zero-order valence-corrected chi connectivity index (χ0v) is 24.3. The number of hydrogen-bond donors (Lipinski definition) is 2. The molecule has 224 valence electrons. The molecule has 0 unspecified atom stereocenters. The fraction of sp³-hybridized carbons (Fsp3) is 0.536. The molecule has 0 radical (unpaired) electrons. The average Bonchev–Trinajstić information content (AvgIpc) is 2.89. The number of nitriles is 1. The summed E-state index contributed by atoms with van der Waals surface area (Å²) in [4.78, 5) is 35.7. The van der Waals surface area contributed by atoms with Crippen molar-refractivity contribution >= 4 is 17.7 Å². The van der Waals surface area contributed by atoms with E-state index in [0.29, 0.717) is 12.4 Å². The van der Waals surface area contributed by atoms with E-state index in [0.717, 1.165) is 38.3 Å². The molecule has 1 aliphatic heterocycles. The van der Waals surface area contributed by atoms with E-state index in [-0.39, 0.29) is 17.1 Å². The molecule has 1 aromatic heterocycles. The number of alkyl halides is 3. The summed E-state index contributed by atoms with van der Waals surface area (Å²) in [6.45, 7) is 15.9. The highest BCUT2D eigenvalue weighted by Gasteiger charge is 2.38. The topological polar surface area (TPSA) is 126 Å². The van der Waals surface area contributed by atoms with Crippen LogP contribution in [0.5, 0.6) is 0 Å². The van der Waals surface area contributed by atoms with E-state index in [9.17, 15) is 23.2 Å². The third-order valence-corrected chi connectivity index (χ3v) is 6.40. The van der Waals surface area contributed by atoms with Crippen molar-refractivity contribution in [1.29, 1.82) is 5.26 Å². The minimum Gasteiger partial charge on any atom is -0.475 e. The number of benzene rings is 1. The van der Waals surface area contributed by atoms with Gasteiger partial charge in [-0.3, -0.25) is 9.69 Å². The minimum absolute atomic E-state index is 0.0268. The van der Waals surface area contributed by atoms with Crippen LogP contribution < -0.4 is 10.4 Å². The Balaban J connectivity index is 0.000000745. The number of hydrazine groups is 1. The first-order valence-corrected chi connectivity index (χ1v) is 13.1. The molecule has 0 bridgehead atoms. The van der Waals surface area contributed by atoms with Crippen LogP contribution in [0.25, 0.3) is 0 Å². The SMILES string of the molecule is CN1CCN(Cc2ccc(C(C)(C)C(=O)N(NCC(C)(C)C)c3ccnc(C#N)n3)cc2)CC1.O=C(O)C(F)(F)F. The lowest BCUT2D eigenvalue weighted by atomic mass is 9.83. The first-order valence-electron chi connectivity index (χ1n) is 13.1. The number of nitrogens with zero attached hydrogens (tertiary/aromatic N) is 6. The summed E-state index contributed by atoms with van der Waals surface area (Å²) in [5.41, 5.74) is 4.55. The van der Waals surface area contributed by atoms with Crippen molar-refractivity contribution in [2.75, 3.05) is 44.8 Å². The molecular formula is C28H38F3N7O3. The first-order chi connectivity index (χ1) is 18.9. The number of carbonyl (C=O) groups excluding carboxylic acids is 1. The van der Waals surface area contributed by atoms with Gasteiger partial charge in [0.1, 0.15) is 6.07 Å². The predicted molar refractivity (Wildman–Crippen MR) is 148 cm³/mol. The Bertz CT molecular complexity index is 1210. The van der Waals surface area contributed by atoms with Gasteiger partial charge in [0.2, 0.25) is 5.82 Å². The Labute approximate surface area is 238 Å². The number of halogens is 3. The summed E-state index contributed by atoms with van der Waals surface area (Å²) in [7, 11) is 2.16. The van der Waals surface area contributed by atoms with Crippen LogP contribution in [0.2, 0.25) is 0 Å². The molecule has 1 saturated heterocycles. The third kappa shape index (κ3) is 10.4. The smallest absolute Gasteiger partial charge is 0.475 e. The Morgan fingerprint density at radius 3 is 2.10 bits per heavy atom. The summed E-state index contributed by atoms with van der Waals surface area (Å²) >= 11 is 0. The largest absolute Gasteiger partial charge is 0.490 e. The van der Waals surface area contributed by atoms with Gasteiger partial charge in [0.05, 0.1) is 5.41 Å². The van der Waals surface area contributed by atoms with Crippen molar-refractivity contribution in [3.05, 3.63) is 53.5 Å². The van der Waals surface area contributed by atoms with Gasteiger partial charge in [-0.1, -0.05) is 45.0 Å². The summed E-state index contributed by atoms with van der Waals surface area (Å²) < 4.78 is 31.7. The molecule has 1 fully saturated rings. The number of amides is 1. The summed E-state index contributed by atoms with van der Waals surface area (Å²) in [5, 5.41) is 17.8. The lowest BCUT2D eigenvalue weighted by molar-refractivity contribution is -0.192. The van der Waals surface area contributed by atoms with Crippen LogP contribution in [-0.4, -0.2) is 82.7 Å². The quantitative estimate of drug-likeness (QED) is 0.475. The van der Waals surface area contributed by atoms with Crippen molar-refractivity contribution in [2.45, 2.75) is 52.8 Å². The Kier molecular flexibility index (Phi) is 11.3. The highest BCUT2D eigenvalue weighted by molar-refractivity contribution is 5.99. The van der Waals surface area contributed by atoms with Gasteiger partial charge in [-0.2, -0.15) is 23.4 Å². The van der Waals surface area contributed by atoms with Crippen LogP contribution in [0.1, 0.15) is 51.6 Å². The van der Waals surface area contributed by atoms with Crippen molar-refractivity contribution in [3.63, 3.8) is 0 Å². The maximum atomic E-state index is 13.8. The third-order valence-electron chi connectivity index (χ3n) is 6.40. The molecule has 1 amide bonds. The zero-order valence-electron chi connectivity index (χ0n) is 24.3. The van der Waals surface area contributed by atoms with Gasteiger partial charge in [-0.25, -0.2) is 20.2 Å². The number of piperazine rings is 1. The Hall–Kier alpha value is -3.60. The zero-order chi connectivity index (χ0) is 31.0. The van der Waals surface area contributed by atoms with Crippen molar-refractivity contribution in [2.24, 2.45) is 5.41 Å². The number of likely N-dealkylation sites (N-methyl/N-ethyl adjacent to an activating group) is 1. The van der Waals surface area contributed by atoms with Gasteiger partial charge >= 0.3 is 12.1 Å². The van der Waals surface area contributed by atoms with Crippen LogP contribution in [-0.2, 0) is 21.5 Å². The molecule has 10 nitrogen and oxygen atoms in total. The molecule has 3 rings (SSSR count). The Morgan fingerprint density at radius 2 is 1.61 bits per heavy atom. The number of nitrogens with one attached hydrogen (secondary N) is 1. The van der Waals surface area contributed by atoms with E-state index in [1.807, 2.05) is 32.0 Å². The van der Waals surface area contributed by atoms with Crippen LogP contribution in [0.3, 0.4) is 0 Å². The second-order valence-electron chi connectivity index (χ2n) is 11.6. The normalized spacial score (nSPS) is 14.9. The van der Waals surface area contributed by atoms with E-state index in [1.54, 1.807) is 6.07 Å². The molecule has 1 aromatic carbocycles. The number of carboxylic acid groups (broad SMARTS) is 1. The van der Waals surface area contributed by atoms with Gasteiger partial charge in [-0.15, -0.1) is 0 Å². The molecule has 0 atom stereocenters. The molecule has 13 heteroatoms. The van der Waals surface area contributed by atoms with E-state index in [4.69, 9.17) is 9.90 Å². The molecule has 0 saturated carbocycles. The number of aliphatic carboxylic acids is 1. The summed E-state index contributed by atoms with van der Waals surface area (Å²) in [6, 6.07) is 11.9. The van der Waals surface area contributed by atoms with Gasteiger partial charge in [-0.05, 0) is 37.4 Å². The highest BCUT2D eigenvalue weighted by atomic mass is 19.4. The van der Waals surface area contributed by atoms with Crippen LogP contribution in [0, 0.1) is 16.7 Å². The monoisotopic (exact) mass is 577 g/mol. The first kappa shape index (κ1) is 33.6. The van der Waals surface area contributed by atoms with Crippen molar-refractivity contribution in [1.82, 2.24) is 25.2 Å². The fourth-order valence-corrected chi connectivity index (χ4v) is 3.79. The number of carboxylic acids is 1. The molecule has 2 N–H and O–H groups in total. The molecular weight excluding hydrogens is 539 g/mol. The van der Waals surface area contributed by atoms with Crippen LogP contribution in [0.15, 0.2) is 36.5 Å². The fourth-order valence-electron chi connectivity index (χ4n) is 3.79. The van der Waals surface area contributed by atoms with Crippen LogP contribution in [0.4, 0.5) is 19.0 Å². The van der Waals surface area contributed by atoms with Gasteiger partial charge < -0.3 is 10.0 Å². The van der Waals surface area contributed by atoms with E-state index in [1.165, 1.54) is 16.8 Å². The second-order valence-corrected chi connectivity index (χ2v) is 11.6. The molecule has 2 aromatic rings. The van der Waals surface area contributed by atoms with E-state index < -0.39 is 17.6 Å². The molecule has 1 aliphatic rings. The van der Waals surface area contributed by atoms with E-state index >= 15 is 0 Å². The number of aromatic nitrogens is 2. The highest BCUT2D eigenvalue weighted by Crippen LogP contribution is 2.28. The standard InChI is InChI=1S/C26H37N7O.C2HF3O2/c1-25(2,3)19-29-33(23-11-12-28-22(17-27)30-23)24(34)26(4,5)21-9-7-20(8-10-21)18-32-15-13-31(6)14-16-32;3-2(4,5)1(6)7/h7-12,29H,13-16,18-19H2,1-6H3;(H,6,7). The molecule has 2 heterocycles. The van der Waals surface area contributed by atoms with Gasteiger partial charge in [0.25, 0.3) is 5.91 Å². The van der Waals surface area contributed by atoms with Crippen molar-refractivity contribution in [3.8, 4) is 6.07 Å². The molecule has 41 heavy (non-hydrogen) atoms. The maximum absolute atomic E-state index is 13.8. The predicted octanol–water partition coefficient (Wildman–Crippen LogP) is 3.59. The van der Waals surface area contributed by atoms with Crippen LogP contribution >= 0.6 is 0 Å². The number of rotatable bonds is 7. The van der Waals surface area contributed by atoms with Crippen molar-refractivity contribution < 1.29 is 27.9 Å². The molecule has 0 aliphatic carbocycles. The maximum Gasteiger partial charge on any atom is 0.490 e. The molecule has 0 spiro atoms. The minimum atomic E-state index is -5.08. The Morgan fingerprint density at radius 1 is 1.05 bits per heavy atom. The summed E-state index contributed by atoms with van der Waals surface area (Å²) in [6.07, 6.45) is -3.58. The van der Waals surface area contributed by atoms with Gasteiger partial charge in [0.15, 0.2) is 5.82 Å². The van der Waals surface area contributed by atoms with Gasteiger partial charge in [0, 0.05) is 51.5 Å². The summed E-state index contributed by atoms with van der Waals surface area (Å²) in [5.74, 6) is -2.52. The lowest BCUT2D eigenvalue weighted by Crippen LogP contribution is -2.53.